The lowest BCUT2D eigenvalue weighted by molar-refractivity contribution is 0.138. The normalized spacial score (nSPS) is 15.5. The van der Waals surface area contributed by atoms with Crippen LogP contribution in [-0.2, 0) is 9.84 Å². The maximum Gasteiger partial charge on any atom is 0.158 e. The Morgan fingerprint density at radius 1 is 1.35 bits per heavy atom. The zero-order valence-electron chi connectivity index (χ0n) is 10.00. The van der Waals surface area contributed by atoms with Crippen molar-refractivity contribution in [3.8, 4) is 0 Å². The molecule has 0 saturated heterocycles. The first-order valence-electron chi connectivity index (χ1n) is 5.49. The maximum absolute atomic E-state index is 11.7. The molecule has 0 spiro atoms. The zero-order valence-corrected chi connectivity index (χ0v) is 10.8. The Balaban J connectivity index is 3.06. The summed E-state index contributed by atoms with van der Waals surface area (Å²) < 4.78 is 23.4. The highest BCUT2D eigenvalue weighted by Crippen LogP contribution is 2.23. The quantitative estimate of drug-likeness (QED) is 0.820. The number of hydrogen-bond acceptors (Lipinski definition) is 4. The van der Waals surface area contributed by atoms with E-state index in [1.165, 1.54) is 6.92 Å². The molecule has 0 heterocycles. The van der Waals surface area contributed by atoms with E-state index < -0.39 is 27.8 Å². The van der Waals surface area contributed by atoms with Crippen molar-refractivity contribution < 1.29 is 18.6 Å². The SMILES string of the molecule is CCS(=O)(=O)[C@H](CO)[C@H](O)c1cccc(C)c1. The molecule has 0 aliphatic heterocycles. The van der Waals surface area contributed by atoms with Gasteiger partial charge in [0.2, 0.25) is 0 Å². The lowest BCUT2D eigenvalue weighted by Crippen LogP contribution is -2.33. The fourth-order valence-corrected chi connectivity index (χ4v) is 2.90. The molecule has 0 radical (unpaired) electrons. The molecule has 0 amide bonds. The van der Waals surface area contributed by atoms with Gasteiger partial charge in [0.25, 0.3) is 0 Å². The van der Waals surface area contributed by atoms with E-state index in [1.807, 2.05) is 13.0 Å². The summed E-state index contributed by atoms with van der Waals surface area (Å²) >= 11 is 0. The van der Waals surface area contributed by atoms with E-state index >= 15 is 0 Å². The van der Waals surface area contributed by atoms with E-state index in [0.29, 0.717) is 5.56 Å². The summed E-state index contributed by atoms with van der Waals surface area (Å²) in [6.07, 6.45) is -1.19. The molecule has 17 heavy (non-hydrogen) atoms. The van der Waals surface area contributed by atoms with Crippen molar-refractivity contribution in [1.82, 2.24) is 0 Å². The number of aryl methyl sites for hydroxylation is 1. The van der Waals surface area contributed by atoms with Gasteiger partial charge in [0.1, 0.15) is 5.25 Å². The monoisotopic (exact) mass is 258 g/mol. The Morgan fingerprint density at radius 3 is 2.47 bits per heavy atom. The van der Waals surface area contributed by atoms with Gasteiger partial charge in [-0.1, -0.05) is 36.8 Å². The third-order valence-electron chi connectivity index (χ3n) is 2.78. The summed E-state index contributed by atoms with van der Waals surface area (Å²) in [6.45, 7) is 2.78. The molecule has 4 nitrogen and oxygen atoms in total. The predicted molar refractivity (Wildman–Crippen MR) is 66.5 cm³/mol. The zero-order chi connectivity index (χ0) is 13.1. The first-order valence-corrected chi connectivity index (χ1v) is 7.21. The fourth-order valence-electron chi connectivity index (χ4n) is 1.69. The van der Waals surface area contributed by atoms with Gasteiger partial charge in [-0.3, -0.25) is 0 Å². The van der Waals surface area contributed by atoms with Crippen LogP contribution in [0.4, 0.5) is 0 Å². The summed E-state index contributed by atoms with van der Waals surface area (Å²) in [4.78, 5) is 0. The van der Waals surface area contributed by atoms with E-state index in [-0.39, 0.29) is 5.75 Å². The van der Waals surface area contributed by atoms with Gasteiger partial charge in [-0.2, -0.15) is 0 Å². The van der Waals surface area contributed by atoms with Crippen molar-refractivity contribution >= 4 is 9.84 Å². The second-order valence-corrected chi connectivity index (χ2v) is 6.54. The Labute approximate surface area is 102 Å². The molecule has 0 aromatic heterocycles. The molecule has 5 heteroatoms. The van der Waals surface area contributed by atoms with Crippen molar-refractivity contribution in [3.05, 3.63) is 35.4 Å². The van der Waals surface area contributed by atoms with Crippen LogP contribution in [0.25, 0.3) is 0 Å². The molecule has 0 unspecified atom stereocenters. The maximum atomic E-state index is 11.7. The minimum Gasteiger partial charge on any atom is -0.395 e. The van der Waals surface area contributed by atoms with Gasteiger partial charge in [0.05, 0.1) is 12.7 Å². The lowest BCUT2D eigenvalue weighted by atomic mass is 10.0. The number of aliphatic hydroxyl groups excluding tert-OH is 2. The second-order valence-electron chi connectivity index (χ2n) is 4.03. The highest BCUT2D eigenvalue weighted by atomic mass is 32.2. The minimum absolute atomic E-state index is 0.0961. The van der Waals surface area contributed by atoms with Crippen LogP contribution in [0.2, 0.25) is 0 Å². The van der Waals surface area contributed by atoms with E-state index in [9.17, 15) is 13.5 Å². The predicted octanol–water partition coefficient (Wildman–Crippen LogP) is 0.824. The van der Waals surface area contributed by atoms with E-state index in [4.69, 9.17) is 5.11 Å². The highest BCUT2D eigenvalue weighted by Gasteiger charge is 2.31. The van der Waals surface area contributed by atoms with Crippen LogP contribution in [0.15, 0.2) is 24.3 Å². The second kappa shape index (κ2) is 5.62. The number of aliphatic hydroxyl groups is 2. The largest absolute Gasteiger partial charge is 0.395 e. The van der Waals surface area contributed by atoms with Crippen LogP contribution in [0.1, 0.15) is 24.2 Å². The molecule has 0 aliphatic carbocycles. The molecule has 0 aliphatic rings. The van der Waals surface area contributed by atoms with Crippen molar-refractivity contribution in [2.45, 2.75) is 25.2 Å². The highest BCUT2D eigenvalue weighted by molar-refractivity contribution is 7.92. The third kappa shape index (κ3) is 3.28. The standard InChI is InChI=1S/C12H18O4S/c1-3-17(15,16)11(8-13)12(14)10-6-4-5-9(2)7-10/h4-7,11-14H,3,8H2,1-2H3/t11-,12-/m1/s1. The molecular formula is C12H18O4S. The van der Waals surface area contributed by atoms with E-state index in [2.05, 4.69) is 0 Å². The Hall–Kier alpha value is -0.910. The molecule has 1 aromatic carbocycles. The van der Waals surface area contributed by atoms with Crippen LogP contribution in [-0.4, -0.2) is 36.2 Å². The van der Waals surface area contributed by atoms with E-state index in [1.54, 1.807) is 18.2 Å². The average molecular weight is 258 g/mol. The molecule has 1 rings (SSSR count). The fraction of sp³-hybridized carbons (Fsp3) is 0.500. The Morgan fingerprint density at radius 2 is 2.00 bits per heavy atom. The van der Waals surface area contributed by atoms with Crippen LogP contribution in [0.5, 0.6) is 0 Å². The topological polar surface area (TPSA) is 74.6 Å². The Bertz CT molecular complexity index is 467. The molecule has 1 aromatic rings. The summed E-state index contributed by atoms with van der Waals surface area (Å²) in [6, 6.07) is 6.99. The van der Waals surface area contributed by atoms with Gasteiger partial charge >= 0.3 is 0 Å². The van der Waals surface area contributed by atoms with Gasteiger partial charge in [0, 0.05) is 5.75 Å². The van der Waals surface area contributed by atoms with Crippen LogP contribution in [0.3, 0.4) is 0 Å². The summed E-state index contributed by atoms with van der Waals surface area (Å²) in [5.74, 6) is -0.0961. The Kier molecular flexibility index (Phi) is 4.68. The first kappa shape index (κ1) is 14.2. The van der Waals surface area contributed by atoms with Crippen LogP contribution in [0, 0.1) is 6.92 Å². The minimum atomic E-state index is -3.47. The molecule has 96 valence electrons. The van der Waals surface area contributed by atoms with Gasteiger partial charge in [-0.15, -0.1) is 0 Å². The summed E-state index contributed by atoms with van der Waals surface area (Å²) in [5.41, 5.74) is 1.45. The first-order chi connectivity index (χ1) is 7.92. The molecule has 2 atom stereocenters. The summed E-state index contributed by atoms with van der Waals surface area (Å²) in [5, 5.41) is 18.0. The molecule has 2 N–H and O–H groups in total. The molecule has 0 fully saturated rings. The van der Waals surface area contributed by atoms with Crippen LogP contribution < -0.4 is 0 Å². The van der Waals surface area contributed by atoms with Gasteiger partial charge in [-0.25, -0.2) is 8.42 Å². The molecule has 0 saturated carbocycles. The lowest BCUT2D eigenvalue weighted by Gasteiger charge is -2.21. The number of hydrogen-bond donors (Lipinski definition) is 2. The smallest absolute Gasteiger partial charge is 0.158 e. The van der Waals surface area contributed by atoms with Crippen molar-refractivity contribution in [3.63, 3.8) is 0 Å². The number of rotatable bonds is 5. The van der Waals surface area contributed by atoms with Gasteiger partial charge in [-0.05, 0) is 12.5 Å². The van der Waals surface area contributed by atoms with Crippen molar-refractivity contribution in [2.24, 2.45) is 0 Å². The van der Waals surface area contributed by atoms with Gasteiger partial charge in [0.15, 0.2) is 9.84 Å². The average Bonchev–Trinajstić information content (AvgIpc) is 2.29. The number of benzene rings is 1. The number of sulfone groups is 1. The van der Waals surface area contributed by atoms with Gasteiger partial charge < -0.3 is 10.2 Å². The van der Waals surface area contributed by atoms with Crippen molar-refractivity contribution in [1.29, 1.82) is 0 Å². The molecular weight excluding hydrogens is 240 g/mol. The van der Waals surface area contributed by atoms with E-state index in [0.717, 1.165) is 5.56 Å². The summed E-state index contributed by atoms with van der Waals surface area (Å²) in [7, 11) is -3.47. The van der Waals surface area contributed by atoms with Crippen molar-refractivity contribution in [2.75, 3.05) is 12.4 Å². The van der Waals surface area contributed by atoms with Crippen LogP contribution >= 0.6 is 0 Å². The molecule has 0 bridgehead atoms. The third-order valence-corrected chi connectivity index (χ3v) is 4.91.